The van der Waals surface area contributed by atoms with Gasteiger partial charge in [-0.05, 0) is 81.5 Å². The lowest BCUT2D eigenvalue weighted by Gasteiger charge is -2.33. The third-order valence-electron chi connectivity index (χ3n) is 7.51. The molecule has 0 aromatic heterocycles. The monoisotopic (exact) mass is 647 g/mol. The fraction of sp³-hybridized carbons (Fsp3) is 0.355. The first-order valence-corrected chi connectivity index (χ1v) is 17.2. The molecular formula is C31H35Cl2N3O4S2. The molecule has 0 unspecified atom stereocenters. The number of hydrogen-bond acceptors (Lipinski definition) is 5. The van der Waals surface area contributed by atoms with Crippen LogP contribution in [0, 0.1) is 6.92 Å². The van der Waals surface area contributed by atoms with Crippen LogP contribution in [0.1, 0.15) is 43.7 Å². The van der Waals surface area contributed by atoms with Gasteiger partial charge in [0.2, 0.25) is 11.8 Å². The van der Waals surface area contributed by atoms with Crippen LogP contribution in [0.3, 0.4) is 0 Å². The SMILES string of the molecule is CSc1ccc(S(=O)(=O)N(CC(=O)N(Cc2c(Cl)cccc2Cl)[C@H](C)C(=O)NC2CCCC2)c2ccc(C)cc2)cc1. The number of anilines is 1. The summed E-state index contributed by atoms with van der Waals surface area (Å²) in [6.07, 6.45) is 5.76. The van der Waals surface area contributed by atoms with Crippen LogP contribution in [0.15, 0.2) is 76.5 Å². The number of halogens is 2. The number of hydrogen-bond donors (Lipinski definition) is 1. The molecule has 1 saturated carbocycles. The van der Waals surface area contributed by atoms with Gasteiger partial charge in [-0.2, -0.15) is 0 Å². The standard InChI is InChI=1S/C31H35Cl2N3O4S2/c1-21-11-13-24(14-12-21)36(42(39,40)26-17-15-25(41-3)16-18-26)20-30(37)35(19-27-28(32)9-6-10-29(27)33)22(2)31(38)34-23-7-4-5-8-23/h6,9-18,22-23H,4-5,7-8,19-20H2,1-3H3,(H,34,38)/t22-/m1/s1. The number of sulfonamides is 1. The van der Waals surface area contributed by atoms with Crippen molar-refractivity contribution in [1.82, 2.24) is 10.2 Å². The molecule has 42 heavy (non-hydrogen) atoms. The van der Waals surface area contributed by atoms with E-state index in [9.17, 15) is 18.0 Å². The lowest BCUT2D eigenvalue weighted by molar-refractivity contribution is -0.139. The Morgan fingerprint density at radius 3 is 2.14 bits per heavy atom. The van der Waals surface area contributed by atoms with Crippen LogP contribution < -0.4 is 9.62 Å². The summed E-state index contributed by atoms with van der Waals surface area (Å²) in [5, 5.41) is 3.75. The van der Waals surface area contributed by atoms with Crippen molar-refractivity contribution < 1.29 is 18.0 Å². The van der Waals surface area contributed by atoms with Crippen molar-refractivity contribution in [3.63, 3.8) is 0 Å². The molecule has 2 amide bonds. The molecule has 7 nitrogen and oxygen atoms in total. The van der Waals surface area contributed by atoms with Crippen molar-refractivity contribution >= 4 is 62.5 Å². The number of thioether (sulfide) groups is 1. The number of nitrogens with zero attached hydrogens (tertiary/aromatic N) is 2. The number of benzene rings is 3. The third-order valence-corrected chi connectivity index (χ3v) is 10.7. The van der Waals surface area contributed by atoms with Crippen molar-refractivity contribution in [3.05, 3.63) is 87.9 Å². The van der Waals surface area contributed by atoms with Crippen molar-refractivity contribution in [2.24, 2.45) is 0 Å². The minimum absolute atomic E-state index is 0.0505. The number of rotatable bonds is 11. The minimum atomic E-state index is -4.15. The maximum atomic E-state index is 14.1. The van der Waals surface area contributed by atoms with Crippen molar-refractivity contribution in [2.75, 3.05) is 17.1 Å². The van der Waals surface area contributed by atoms with Crippen molar-refractivity contribution in [1.29, 1.82) is 0 Å². The van der Waals surface area contributed by atoms with Gasteiger partial charge in [-0.3, -0.25) is 13.9 Å². The summed E-state index contributed by atoms with van der Waals surface area (Å²) < 4.78 is 29.1. The first-order chi connectivity index (χ1) is 20.0. The summed E-state index contributed by atoms with van der Waals surface area (Å²) in [5.41, 5.74) is 1.76. The van der Waals surface area contributed by atoms with Crippen LogP contribution in [0.4, 0.5) is 5.69 Å². The zero-order valence-electron chi connectivity index (χ0n) is 23.8. The molecule has 0 saturated heterocycles. The van der Waals surface area contributed by atoms with E-state index in [1.165, 1.54) is 28.8 Å². The van der Waals surface area contributed by atoms with E-state index >= 15 is 0 Å². The van der Waals surface area contributed by atoms with Gasteiger partial charge >= 0.3 is 0 Å². The molecule has 1 N–H and O–H groups in total. The van der Waals surface area contributed by atoms with E-state index in [2.05, 4.69) is 5.32 Å². The Bertz CT molecular complexity index is 1490. The molecule has 1 aliphatic rings. The molecule has 4 rings (SSSR count). The summed E-state index contributed by atoms with van der Waals surface area (Å²) in [5.74, 6) is -0.874. The molecule has 3 aromatic carbocycles. The second-order valence-electron chi connectivity index (χ2n) is 10.4. The number of carbonyl (C=O) groups excluding carboxylic acids is 2. The second-order valence-corrected chi connectivity index (χ2v) is 14.0. The van der Waals surface area contributed by atoms with Gasteiger partial charge < -0.3 is 10.2 Å². The Labute approximate surface area is 262 Å². The fourth-order valence-electron chi connectivity index (χ4n) is 4.94. The molecule has 1 fully saturated rings. The molecule has 1 atom stereocenters. The van der Waals surface area contributed by atoms with Gasteiger partial charge in [-0.1, -0.05) is 59.8 Å². The second kappa shape index (κ2) is 14.2. The van der Waals surface area contributed by atoms with Gasteiger partial charge in [-0.25, -0.2) is 8.42 Å². The Morgan fingerprint density at radius 2 is 1.57 bits per heavy atom. The average Bonchev–Trinajstić information content (AvgIpc) is 3.49. The number of carbonyl (C=O) groups is 2. The van der Waals surface area contributed by atoms with Crippen molar-refractivity contribution in [3.8, 4) is 0 Å². The van der Waals surface area contributed by atoms with Crippen molar-refractivity contribution in [2.45, 2.75) is 68.0 Å². The van der Waals surface area contributed by atoms with Crippen LogP contribution >= 0.6 is 35.0 Å². The molecular weight excluding hydrogens is 613 g/mol. The maximum Gasteiger partial charge on any atom is 0.264 e. The zero-order valence-corrected chi connectivity index (χ0v) is 27.0. The van der Waals surface area contributed by atoms with Crippen LogP contribution in [0.25, 0.3) is 0 Å². The van der Waals surface area contributed by atoms with E-state index in [-0.39, 0.29) is 23.4 Å². The Balaban J connectivity index is 1.71. The van der Waals surface area contributed by atoms with Crippen LogP contribution in [-0.4, -0.2) is 50.0 Å². The summed E-state index contributed by atoms with van der Waals surface area (Å²) in [4.78, 5) is 29.8. The van der Waals surface area contributed by atoms with E-state index in [4.69, 9.17) is 23.2 Å². The fourth-order valence-corrected chi connectivity index (χ4v) is 7.28. The number of amides is 2. The normalized spacial score (nSPS) is 14.4. The first kappa shape index (κ1) is 32.2. The number of nitrogens with one attached hydrogen (secondary N) is 1. The highest BCUT2D eigenvalue weighted by atomic mass is 35.5. The zero-order chi connectivity index (χ0) is 30.4. The molecule has 0 heterocycles. The van der Waals surface area contributed by atoms with Gasteiger partial charge in [0.1, 0.15) is 12.6 Å². The maximum absolute atomic E-state index is 14.1. The molecule has 0 spiro atoms. The smallest absolute Gasteiger partial charge is 0.264 e. The van der Waals surface area contributed by atoms with Gasteiger partial charge in [0.15, 0.2) is 0 Å². The lowest BCUT2D eigenvalue weighted by Crippen LogP contribution is -2.52. The van der Waals surface area contributed by atoms with E-state index in [1.54, 1.807) is 61.5 Å². The Kier molecular flexibility index (Phi) is 10.9. The predicted molar refractivity (Wildman–Crippen MR) is 171 cm³/mol. The largest absolute Gasteiger partial charge is 0.352 e. The van der Waals surface area contributed by atoms with Gasteiger partial charge in [0.25, 0.3) is 10.0 Å². The molecule has 0 bridgehead atoms. The Hall–Kier alpha value is -2.72. The summed E-state index contributed by atoms with van der Waals surface area (Å²) in [7, 11) is -4.15. The summed E-state index contributed by atoms with van der Waals surface area (Å²) in [6, 6.07) is 17.6. The van der Waals surface area contributed by atoms with Crippen LogP contribution in [0.2, 0.25) is 10.0 Å². The highest BCUT2D eigenvalue weighted by Gasteiger charge is 2.34. The van der Waals surface area contributed by atoms with Gasteiger partial charge in [0, 0.05) is 33.1 Å². The average molecular weight is 649 g/mol. The summed E-state index contributed by atoms with van der Waals surface area (Å²) in [6.45, 7) is 2.94. The summed E-state index contributed by atoms with van der Waals surface area (Å²) >= 11 is 14.4. The van der Waals surface area contributed by atoms with E-state index < -0.39 is 28.5 Å². The topological polar surface area (TPSA) is 86.8 Å². The minimum Gasteiger partial charge on any atom is -0.352 e. The number of aryl methyl sites for hydroxylation is 1. The van der Waals surface area contributed by atoms with E-state index in [1.807, 2.05) is 13.2 Å². The lowest BCUT2D eigenvalue weighted by atomic mass is 10.1. The molecule has 0 radical (unpaired) electrons. The Morgan fingerprint density at radius 1 is 0.976 bits per heavy atom. The first-order valence-electron chi connectivity index (χ1n) is 13.8. The molecule has 3 aromatic rings. The van der Waals surface area contributed by atoms with E-state index in [0.717, 1.165) is 40.4 Å². The van der Waals surface area contributed by atoms with Crippen LogP contribution in [-0.2, 0) is 26.2 Å². The van der Waals surface area contributed by atoms with E-state index in [0.29, 0.717) is 21.3 Å². The quantitative estimate of drug-likeness (QED) is 0.234. The molecule has 0 aliphatic heterocycles. The van der Waals surface area contributed by atoms with Gasteiger partial charge in [-0.15, -0.1) is 11.8 Å². The predicted octanol–water partition coefficient (Wildman–Crippen LogP) is 6.70. The van der Waals surface area contributed by atoms with Crippen LogP contribution in [0.5, 0.6) is 0 Å². The van der Waals surface area contributed by atoms with Gasteiger partial charge in [0.05, 0.1) is 10.6 Å². The highest BCUT2D eigenvalue weighted by Crippen LogP contribution is 2.29. The third kappa shape index (κ3) is 7.61. The highest BCUT2D eigenvalue weighted by molar-refractivity contribution is 7.98. The molecule has 11 heteroatoms. The molecule has 1 aliphatic carbocycles. The molecule has 224 valence electrons.